The smallest absolute Gasteiger partial charge is 0.101 e. The molecule has 0 bridgehead atoms. The Morgan fingerprint density at radius 2 is 0.392 bits per heavy atom. The summed E-state index contributed by atoms with van der Waals surface area (Å²) in [6, 6.07) is 5.85. The van der Waals surface area contributed by atoms with Crippen LogP contribution in [0, 0.1) is 71.0 Å². The Balaban J connectivity index is 0.000000629. The fraction of sp³-hybridized carbons (Fsp3) is 1.00. The van der Waals surface area contributed by atoms with Gasteiger partial charge in [-0.3, -0.25) is 0 Å². The van der Waals surface area contributed by atoms with Gasteiger partial charge >= 0.3 is 0 Å². The molecule has 6 aliphatic heterocycles. The molecule has 102 heavy (non-hydrogen) atoms. The Morgan fingerprint density at radius 1 is 0.216 bits per heavy atom. The highest BCUT2D eigenvalue weighted by atomic mass is 16.6. The van der Waals surface area contributed by atoms with Crippen LogP contribution in [0.2, 0.25) is 0 Å². The van der Waals surface area contributed by atoms with Crippen molar-refractivity contribution in [2.24, 2.45) is 71.0 Å². The lowest BCUT2D eigenvalue weighted by Crippen LogP contribution is -2.41. The SMILES string of the molecule is CC(C)[C@@H]1CC[C@@H](C(C)C)N1.CC(C)[C@@H]1CC[C@H](C(C)C)N1.CCO[C@@H]1[C@@H](OCC)[C@@H](C(C)C)N[C@@H]1C(C)C.COCCOCCO[C@@H]1[C@@H](OCCOCCOC)[C@@H](C(C)C)N[C@@H]1C(C)C.COCCO[C@@H]1[C@@H](OCCOC)[C@@H](C(C)C)N[C@@H]1C(C)C.CO[C@@H]1[C@@H](OC)[C@@H](C(C)C)N[C@@H]1C(C)C. The van der Waals surface area contributed by atoms with Crippen LogP contribution in [0.15, 0.2) is 0 Å². The van der Waals surface area contributed by atoms with Crippen molar-refractivity contribution in [3.63, 3.8) is 0 Å². The topological polar surface area (TPSA) is 201 Å². The second kappa shape index (κ2) is 55.6. The normalized spacial score (nSPS) is 30.9. The van der Waals surface area contributed by atoms with Crippen LogP contribution in [-0.4, -0.2) is 256 Å². The van der Waals surface area contributed by atoms with Gasteiger partial charge in [-0.05, 0) is 111 Å². The van der Waals surface area contributed by atoms with Gasteiger partial charge in [0.1, 0.15) is 48.8 Å². The first-order valence-electron chi connectivity index (χ1n) is 40.7. The number of nitrogens with one attached hydrogen (secondary N) is 6. The number of hydrogen-bond donors (Lipinski definition) is 6. The van der Waals surface area contributed by atoms with Gasteiger partial charge in [0.15, 0.2) is 0 Å². The molecule has 0 unspecified atom stereocenters. The summed E-state index contributed by atoms with van der Waals surface area (Å²) in [5, 5.41) is 22.2. The molecule has 6 aliphatic rings. The van der Waals surface area contributed by atoms with E-state index in [4.69, 9.17) is 66.3 Å². The summed E-state index contributed by atoms with van der Waals surface area (Å²) in [7, 11) is 10.3. The average molecular weight is 1460 g/mol. The minimum atomic E-state index is 0.00222. The molecule has 0 spiro atoms. The minimum absolute atomic E-state index is 0.00222. The lowest BCUT2D eigenvalue weighted by Gasteiger charge is -2.28. The predicted octanol–water partition coefficient (Wildman–Crippen LogP) is 12.4. The Bertz CT molecular complexity index is 1800. The van der Waals surface area contributed by atoms with Crippen LogP contribution in [0.4, 0.5) is 0 Å². The summed E-state index contributed by atoms with van der Waals surface area (Å²) in [5.74, 6) is 7.39. The Morgan fingerprint density at radius 3 is 0.559 bits per heavy atom. The van der Waals surface area contributed by atoms with Crippen molar-refractivity contribution < 1.29 is 66.3 Å². The second-order valence-electron chi connectivity index (χ2n) is 33.5. The minimum Gasteiger partial charge on any atom is -0.382 e. The summed E-state index contributed by atoms with van der Waals surface area (Å²) < 4.78 is 78.9. The second-order valence-corrected chi connectivity index (χ2v) is 33.5. The highest BCUT2D eigenvalue weighted by molar-refractivity contribution is 5.06. The quantitative estimate of drug-likeness (QED) is 0.0316. The summed E-state index contributed by atoms with van der Waals surface area (Å²) in [6.07, 6.45) is 6.34. The molecule has 6 saturated heterocycles. The molecule has 0 aromatic carbocycles. The van der Waals surface area contributed by atoms with Crippen LogP contribution in [0.3, 0.4) is 0 Å². The van der Waals surface area contributed by atoms with E-state index in [1.54, 1.807) is 42.7 Å². The first-order valence-corrected chi connectivity index (χ1v) is 40.7. The number of ether oxygens (including phenoxy) is 14. The fourth-order valence-electron chi connectivity index (χ4n) is 15.2. The molecule has 6 N–H and O–H groups in total. The molecule has 0 saturated carbocycles. The third-order valence-electron chi connectivity index (χ3n) is 21.5. The lowest BCUT2D eigenvalue weighted by molar-refractivity contribution is -0.0954. The first-order chi connectivity index (χ1) is 48.3. The Labute approximate surface area is 628 Å². The van der Waals surface area contributed by atoms with Crippen LogP contribution in [0.5, 0.6) is 0 Å². The molecular weight excluding hydrogens is 1290 g/mol. The van der Waals surface area contributed by atoms with E-state index in [0.717, 1.165) is 61.1 Å². The molecule has 20 heteroatoms. The Kier molecular flexibility index (Phi) is 54.1. The van der Waals surface area contributed by atoms with Gasteiger partial charge < -0.3 is 98.2 Å². The van der Waals surface area contributed by atoms with Crippen LogP contribution in [-0.2, 0) is 66.3 Å². The van der Waals surface area contributed by atoms with Crippen molar-refractivity contribution >= 4 is 0 Å². The molecule has 6 rings (SSSR count). The van der Waals surface area contributed by atoms with Crippen molar-refractivity contribution in [2.75, 3.05) is 135 Å². The molecule has 20 nitrogen and oxygen atoms in total. The summed E-state index contributed by atoms with van der Waals surface area (Å²) in [4.78, 5) is 0. The van der Waals surface area contributed by atoms with E-state index < -0.39 is 0 Å². The Hall–Kier alpha value is -0.800. The maximum absolute atomic E-state index is 6.23. The van der Waals surface area contributed by atoms with Crippen molar-refractivity contribution in [3.8, 4) is 0 Å². The summed E-state index contributed by atoms with van der Waals surface area (Å²) >= 11 is 0. The van der Waals surface area contributed by atoms with Gasteiger partial charge in [0.25, 0.3) is 0 Å². The van der Waals surface area contributed by atoms with E-state index in [0.29, 0.717) is 163 Å². The zero-order valence-corrected chi connectivity index (χ0v) is 71.9. The molecule has 612 valence electrons. The van der Waals surface area contributed by atoms with Crippen LogP contribution < -0.4 is 31.9 Å². The van der Waals surface area contributed by atoms with Gasteiger partial charge in [0, 0.05) is 128 Å². The van der Waals surface area contributed by atoms with Crippen molar-refractivity contribution in [1.29, 1.82) is 0 Å². The van der Waals surface area contributed by atoms with E-state index in [9.17, 15) is 0 Å². The van der Waals surface area contributed by atoms with Gasteiger partial charge in [0.2, 0.25) is 0 Å². The standard InChI is InChI=1S/C20H41NO6.C16H33NO4.C14H29NO2.C12H25NO2.2C10H21N/c1-15(2)17-19(26-13-11-24-9-7-22-5)20(18(21-17)16(3)4)27-14-12-25-10-8-23-6;1-11(2)13-15(20-9-7-18-5)16(21-10-8-19-6)14(17-13)12(3)4;1-7-16-13-11(9(3)4)15-12(10(5)6)14(13)17-8-2;1-7(2)9-11(14-5)12(15-6)10(13-9)8(3)4;2*1-7(2)9-5-6-10(11-9)8(3)4/h15-21H,7-14H2,1-6H3;11-17H,7-10H2,1-6H3;9-15H,7-8H2,1-6H3;7-13H,1-6H3;2*7-11H,5-6H2,1-4H3/t17-,18-,19+,20+;13-,14-,15+,16+;11-,12-,13+,14+;9-,10-,11+,12+;9-,10+;9-,10-/m1111.0/s1. The van der Waals surface area contributed by atoms with Crippen molar-refractivity contribution in [1.82, 2.24) is 31.9 Å². The molecule has 0 aromatic heterocycles. The van der Waals surface area contributed by atoms with E-state index in [-0.39, 0.29) is 60.9 Å². The van der Waals surface area contributed by atoms with Crippen LogP contribution >= 0.6 is 0 Å². The highest BCUT2D eigenvalue weighted by Gasteiger charge is 2.50. The molecule has 0 aliphatic carbocycles. The number of rotatable bonds is 40. The largest absolute Gasteiger partial charge is 0.382 e. The number of hydrogen-bond acceptors (Lipinski definition) is 20. The predicted molar refractivity (Wildman–Crippen MR) is 421 cm³/mol. The molecular formula is C82H170N6O14. The van der Waals surface area contributed by atoms with E-state index in [2.05, 4.69) is 212 Å². The maximum atomic E-state index is 6.23. The zero-order chi connectivity index (χ0) is 77.3. The fourth-order valence-corrected chi connectivity index (χ4v) is 15.2. The molecule has 6 heterocycles. The molecule has 20 atom stereocenters. The van der Waals surface area contributed by atoms with Crippen LogP contribution in [0.1, 0.15) is 206 Å². The molecule has 6 fully saturated rings. The van der Waals surface area contributed by atoms with Gasteiger partial charge in [-0.1, -0.05) is 166 Å². The van der Waals surface area contributed by atoms with E-state index in [1.807, 2.05) is 0 Å². The molecule has 0 radical (unpaired) electrons. The van der Waals surface area contributed by atoms with E-state index in [1.165, 1.54) is 25.7 Å². The zero-order valence-electron chi connectivity index (χ0n) is 71.9. The maximum Gasteiger partial charge on any atom is 0.101 e. The first kappa shape index (κ1) is 99.2. The molecule has 0 aromatic rings. The third-order valence-corrected chi connectivity index (χ3v) is 21.5. The van der Waals surface area contributed by atoms with Crippen molar-refractivity contribution in [3.05, 3.63) is 0 Å². The summed E-state index contributed by atoms with van der Waals surface area (Å²) in [5.41, 5.74) is 0. The molecule has 0 amide bonds. The monoisotopic (exact) mass is 1460 g/mol. The number of methoxy groups -OCH3 is 6. The third kappa shape index (κ3) is 35.1. The highest BCUT2D eigenvalue weighted by Crippen LogP contribution is 2.34. The van der Waals surface area contributed by atoms with Crippen molar-refractivity contribution in [2.45, 2.75) is 327 Å². The van der Waals surface area contributed by atoms with E-state index >= 15 is 0 Å². The lowest BCUT2D eigenvalue weighted by atomic mass is 9.95. The van der Waals surface area contributed by atoms with Gasteiger partial charge in [-0.25, -0.2) is 0 Å². The average Bonchev–Trinajstić information content (AvgIpc) is 1.67. The van der Waals surface area contributed by atoms with Crippen LogP contribution in [0.25, 0.3) is 0 Å². The van der Waals surface area contributed by atoms with Gasteiger partial charge in [0.05, 0.1) is 79.3 Å². The van der Waals surface area contributed by atoms with Gasteiger partial charge in [-0.2, -0.15) is 0 Å². The van der Waals surface area contributed by atoms with Gasteiger partial charge in [-0.15, -0.1) is 0 Å². The summed E-state index contributed by atoms with van der Waals surface area (Å²) in [6.45, 7) is 66.7.